The molecule has 3 aromatic heterocycles. The summed E-state index contributed by atoms with van der Waals surface area (Å²) in [6, 6.07) is 9.20. The van der Waals surface area contributed by atoms with Gasteiger partial charge in [0.15, 0.2) is 6.29 Å². The van der Waals surface area contributed by atoms with Gasteiger partial charge in [0.1, 0.15) is 23.1 Å². The Morgan fingerprint density at radius 3 is 2.85 bits per heavy atom. The molecule has 0 radical (unpaired) electrons. The van der Waals surface area contributed by atoms with Crippen molar-refractivity contribution >= 4 is 11.9 Å². The number of aryl methyl sites for hydroxylation is 1. The van der Waals surface area contributed by atoms with E-state index in [0.717, 1.165) is 11.8 Å². The van der Waals surface area contributed by atoms with Gasteiger partial charge in [-0.15, -0.1) is 0 Å². The fraction of sp³-hybridized carbons (Fsp3) is 0.0667. The van der Waals surface area contributed by atoms with Gasteiger partial charge in [-0.1, -0.05) is 0 Å². The Balaban J connectivity index is 2.39. The van der Waals surface area contributed by atoms with Crippen molar-refractivity contribution in [3.8, 4) is 17.3 Å². The predicted molar refractivity (Wildman–Crippen MR) is 73.3 cm³/mol. The van der Waals surface area contributed by atoms with Gasteiger partial charge in [-0.05, 0) is 31.2 Å². The van der Waals surface area contributed by atoms with Crippen LogP contribution < -0.4 is 0 Å². The van der Waals surface area contributed by atoms with Crippen molar-refractivity contribution in [3.05, 3.63) is 53.6 Å². The van der Waals surface area contributed by atoms with Crippen LogP contribution in [0.5, 0.6) is 0 Å². The van der Waals surface area contributed by atoms with E-state index in [4.69, 9.17) is 5.26 Å². The van der Waals surface area contributed by atoms with E-state index in [0.29, 0.717) is 28.3 Å². The Hall–Kier alpha value is -3.00. The number of aromatic nitrogens is 3. The van der Waals surface area contributed by atoms with Gasteiger partial charge in [0.2, 0.25) is 0 Å². The maximum Gasteiger partial charge on any atom is 0.169 e. The maximum atomic E-state index is 11.5. The van der Waals surface area contributed by atoms with E-state index < -0.39 is 0 Å². The molecule has 0 aliphatic carbocycles. The number of imidazole rings is 1. The highest BCUT2D eigenvalue weighted by molar-refractivity contribution is 5.86. The van der Waals surface area contributed by atoms with Crippen molar-refractivity contribution < 1.29 is 4.79 Å². The third kappa shape index (κ3) is 1.67. The second-order valence-corrected chi connectivity index (χ2v) is 4.34. The number of aldehydes is 1. The van der Waals surface area contributed by atoms with Crippen LogP contribution >= 0.6 is 0 Å². The molecule has 0 saturated heterocycles. The highest BCUT2D eigenvalue weighted by Crippen LogP contribution is 2.24. The van der Waals surface area contributed by atoms with Crippen LogP contribution in [0.4, 0.5) is 0 Å². The van der Waals surface area contributed by atoms with Crippen LogP contribution in [-0.2, 0) is 0 Å². The van der Waals surface area contributed by atoms with Gasteiger partial charge < -0.3 is 0 Å². The summed E-state index contributed by atoms with van der Waals surface area (Å²) in [5.41, 5.74) is 3.65. The highest BCUT2D eigenvalue weighted by Gasteiger charge is 2.16. The molecule has 0 spiro atoms. The zero-order valence-electron chi connectivity index (χ0n) is 10.7. The first kappa shape index (κ1) is 12.1. The molecule has 5 nitrogen and oxygen atoms in total. The van der Waals surface area contributed by atoms with E-state index in [-0.39, 0.29) is 0 Å². The summed E-state index contributed by atoms with van der Waals surface area (Å²) in [7, 11) is 0. The summed E-state index contributed by atoms with van der Waals surface area (Å²) in [6.45, 7) is 1.80. The third-order valence-corrected chi connectivity index (χ3v) is 3.23. The van der Waals surface area contributed by atoms with Crippen LogP contribution in [0.15, 0.2) is 36.7 Å². The first-order valence-corrected chi connectivity index (χ1v) is 6.04. The number of carbonyl (C=O) groups excluding carboxylic acids is 1. The zero-order valence-corrected chi connectivity index (χ0v) is 10.7. The Morgan fingerprint density at radius 2 is 2.20 bits per heavy atom. The number of pyridine rings is 2. The minimum atomic E-state index is 0.433. The van der Waals surface area contributed by atoms with Crippen LogP contribution in [0, 0.1) is 18.3 Å². The molecule has 0 aliphatic rings. The number of hydrogen-bond acceptors (Lipinski definition) is 4. The molecule has 3 rings (SSSR count). The molecule has 3 aromatic rings. The average molecular weight is 262 g/mol. The van der Waals surface area contributed by atoms with E-state index in [1.54, 1.807) is 41.9 Å². The molecule has 96 valence electrons. The standard InChI is InChI=1S/C15H10N4O/c1-10-11(7-16)4-5-14-18-15(13(9-20)19(10)14)12-3-2-6-17-8-12/h2-6,8-9H,1H3. The first-order valence-electron chi connectivity index (χ1n) is 6.04. The number of fused-ring (bicyclic) bond motifs is 1. The SMILES string of the molecule is Cc1c(C#N)ccc2nc(-c3cccnc3)c(C=O)n12. The zero-order chi connectivity index (χ0) is 14.1. The van der Waals surface area contributed by atoms with Crippen LogP contribution in [0.3, 0.4) is 0 Å². The number of rotatable bonds is 2. The molecule has 0 N–H and O–H groups in total. The number of nitrogens with zero attached hydrogens (tertiary/aromatic N) is 4. The van der Waals surface area contributed by atoms with Crippen LogP contribution in [0.25, 0.3) is 16.9 Å². The van der Waals surface area contributed by atoms with Crippen molar-refractivity contribution in [1.82, 2.24) is 14.4 Å². The quantitative estimate of drug-likeness (QED) is 0.665. The lowest BCUT2D eigenvalue weighted by molar-refractivity contribution is 0.111. The van der Waals surface area contributed by atoms with E-state index >= 15 is 0 Å². The molecule has 0 unspecified atom stereocenters. The largest absolute Gasteiger partial charge is 0.296 e. The molecule has 5 heteroatoms. The Kier molecular flexibility index (Phi) is 2.77. The van der Waals surface area contributed by atoms with E-state index in [2.05, 4.69) is 16.0 Å². The van der Waals surface area contributed by atoms with Gasteiger partial charge in [0, 0.05) is 23.7 Å². The molecule has 0 atom stereocenters. The Labute approximate surface area is 115 Å². The lowest BCUT2D eigenvalue weighted by Crippen LogP contribution is -1.99. The van der Waals surface area contributed by atoms with Gasteiger partial charge >= 0.3 is 0 Å². The van der Waals surface area contributed by atoms with Gasteiger partial charge in [-0.2, -0.15) is 5.26 Å². The molecule has 0 saturated carbocycles. The van der Waals surface area contributed by atoms with Gasteiger partial charge in [-0.25, -0.2) is 4.98 Å². The fourth-order valence-corrected chi connectivity index (χ4v) is 2.26. The first-order chi connectivity index (χ1) is 9.76. The van der Waals surface area contributed by atoms with E-state index in [1.807, 2.05) is 6.07 Å². The Bertz CT molecular complexity index is 844. The van der Waals surface area contributed by atoms with Crippen molar-refractivity contribution in [2.75, 3.05) is 0 Å². The summed E-state index contributed by atoms with van der Waals surface area (Å²) in [6.07, 6.45) is 4.09. The van der Waals surface area contributed by atoms with Crippen molar-refractivity contribution in [2.24, 2.45) is 0 Å². The third-order valence-electron chi connectivity index (χ3n) is 3.23. The number of hydrogen-bond donors (Lipinski definition) is 0. The maximum absolute atomic E-state index is 11.5. The minimum absolute atomic E-state index is 0.433. The molecular weight excluding hydrogens is 252 g/mol. The van der Waals surface area contributed by atoms with E-state index in [9.17, 15) is 4.79 Å². The summed E-state index contributed by atoms with van der Waals surface area (Å²) >= 11 is 0. The average Bonchev–Trinajstić information content (AvgIpc) is 2.88. The summed E-state index contributed by atoms with van der Waals surface area (Å²) < 4.78 is 1.70. The van der Waals surface area contributed by atoms with Gasteiger partial charge in [-0.3, -0.25) is 14.2 Å². The second-order valence-electron chi connectivity index (χ2n) is 4.34. The van der Waals surface area contributed by atoms with Crippen LogP contribution in [-0.4, -0.2) is 20.7 Å². The number of nitriles is 1. The monoisotopic (exact) mass is 262 g/mol. The number of carbonyl (C=O) groups is 1. The van der Waals surface area contributed by atoms with Crippen LogP contribution in [0.2, 0.25) is 0 Å². The topological polar surface area (TPSA) is 71.0 Å². The molecular formula is C15H10N4O. The molecule has 3 heterocycles. The molecule has 0 aromatic carbocycles. The predicted octanol–water partition coefficient (Wildman–Crippen LogP) is 2.39. The fourth-order valence-electron chi connectivity index (χ4n) is 2.26. The lowest BCUT2D eigenvalue weighted by Gasteiger charge is -2.03. The normalized spacial score (nSPS) is 10.4. The molecule has 20 heavy (non-hydrogen) atoms. The van der Waals surface area contributed by atoms with E-state index in [1.165, 1.54) is 0 Å². The molecule has 0 aliphatic heterocycles. The van der Waals surface area contributed by atoms with Crippen molar-refractivity contribution in [3.63, 3.8) is 0 Å². The summed E-state index contributed by atoms with van der Waals surface area (Å²) in [4.78, 5) is 20.0. The minimum Gasteiger partial charge on any atom is -0.296 e. The van der Waals surface area contributed by atoms with Crippen molar-refractivity contribution in [2.45, 2.75) is 6.92 Å². The van der Waals surface area contributed by atoms with Crippen LogP contribution in [0.1, 0.15) is 21.7 Å². The summed E-state index contributed by atoms with van der Waals surface area (Å²) in [5, 5.41) is 9.08. The Morgan fingerprint density at radius 1 is 1.35 bits per heavy atom. The molecule has 0 amide bonds. The van der Waals surface area contributed by atoms with Gasteiger partial charge in [0.25, 0.3) is 0 Å². The van der Waals surface area contributed by atoms with Crippen molar-refractivity contribution in [1.29, 1.82) is 5.26 Å². The highest BCUT2D eigenvalue weighted by atomic mass is 16.1. The smallest absolute Gasteiger partial charge is 0.169 e. The van der Waals surface area contributed by atoms with Gasteiger partial charge in [0.05, 0.1) is 5.56 Å². The summed E-state index contributed by atoms with van der Waals surface area (Å²) in [5.74, 6) is 0. The second kappa shape index (κ2) is 4.59. The molecule has 0 bridgehead atoms. The molecule has 0 fully saturated rings. The lowest BCUT2D eigenvalue weighted by atomic mass is 10.1.